The maximum atomic E-state index is 7.15. The van der Waals surface area contributed by atoms with Crippen LogP contribution in [0.15, 0.2) is 0 Å². The number of hydrogen-bond acceptors (Lipinski definition) is 0. The van der Waals surface area contributed by atoms with Crippen molar-refractivity contribution in [3.8, 4) is 44.5 Å². The van der Waals surface area contributed by atoms with Gasteiger partial charge < -0.3 is 0 Å². The highest BCUT2D eigenvalue weighted by molar-refractivity contribution is 6.79. The van der Waals surface area contributed by atoms with Gasteiger partial charge in [-0.15, -0.1) is 16.4 Å². The molecule has 0 nitrogen and oxygen atoms in total. The quantitative estimate of drug-likeness (QED) is 0.122. The van der Waals surface area contributed by atoms with Gasteiger partial charge in [-0.2, -0.15) is 0 Å². The first-order valence-electron chi connectivity index (χ1n) is 23.7. The van der Waals surface area contributed by atoms with Gasteiger partial charge in [0, 0.05) is 0 Å². The summed E-state index contributed by atoms with van der Waals surface area (Å²) in [5.74, 6) is 0. The van der Waals surface area contributed by atoms with Crippen molar-refractivity contribution in [2.75, 3.05) is 0 Å². The van der Waals surface area contributed by atoms with Crippen LogP contribution in [-0.4, -0.2) is 235 Å². The number of rotatable bonds is 4. The van der Waals surface area contributed by atoms with Crippen molar-refractivity contribution in [2.24, 2.45) is 0 Å². The molecule has 0 unspecified atom stereocenters. The minimum absolute atomic E-state index is 0.00644. The van der Waals surface area contributed by atoms with Crippen LogP contribution in [0.2, 0.25) is 0 Å². The summed E-state index contributed by atoms with van der Waals surface area (Å²) in [6.07, 6.45) is 0. The van der Waals surface area contributed by atoms with Crippen LogP contribution in [0.5, 0.6) is 0 Å². The first-order valence-corrected chi connectivity index (χ1v) is 23.7. The molecule has 11 aromatic rings. The van der Waals surface area contributed by atoms with E-state index >= 15 is 0 Å². The van der Waals surface area contributed by atoms with Gasteiger partial charge in [-0.05, 0) is 109 Å². The molecule has 11 aromatic carbocycles. The van der Waals surface area contributed by atoms with Gasteiger partial charge in [-0.25, -0.2) is 0 Å². The van der Waals surface area contributed by atoms with Crippen molar-refractivity contribution < 1.29 is 0 Å². The Morgan fingerprint density at radius 1 is 0.0750 bits per heavy atom. The van der Waals surface area contributed by atoms with Crippen LogP contribution in [0.3, 0.4) is 0 Å². The molecule has 80 heavy (non-hydrogen) atoms. The van der Waals surface area contributed by atoms with Crippen LogP contribution in [0.4, 0.5) is 0 Å². The molecule has 0 N–H and O–H groups in total. The first kappa shape index (κ1) is 57.3. The Bertz CT molecular complexity index is 4410. The van der Waals surface area contributed by atoms with Gasteiger partial charge >= 0.3 is 0 Å². The number of benzene rings is 11. The van der Waals surface area contributed by atoms with Crippen LogP contribution in [0.1, 0.15) is 0 Å². The van der Waals surface area contributed by atoms with Gasteiger partial charge in [0.1, 0.15) is 235 Å². The Kier molecular flexibility index (Phi) is 13.6. The van der Waals surface area contributed by atoms with E-state index in [0.29, 0.717) is 10.8 Å². The van der Waals surface area contributed by atoms with Crippen molar-refractivity contribution in [3.05, 3.63) is 0 Å². The highest BCUT2D eigenvalue weighted by atomic mass is 14.3. The van der Waals surface area contributed by atoms with Gasteiger partial charge in [-0.3, -0.25) is 0 Å². The standard InChI is InChI=1S/C50B30/c51-21-17(19-38(68)34(64)15(35(65)39(19)69)7-5-1-3-11(28(58)22(5)52)42(72)48(78)44(74)13(3)32(62)30(60)9(1)26(56)24(7)54)46(76)50(80)47(77)18(21)20-40(70)36(66)16(37(67)41(20)71)8-6-2-4-12(29(59)23(6)53)43(73)49(79)45(75)14(4)33(63)31(61)10(2)27(57)25(8)55. The molecule has 0 spiro atoms. The minimum atomic E-state index is -0.263. The highest BCUT2D eigenvalue weighted by Gasteiger charge is 2.31. The minimum Gasteiger partial charge on any atom is -0.109 e. The summed E-state index contributed by atoms with van der Waals surface area (Å²) in [4.78, 5) is 0. The Balaban J connectivity index is 1.19. The average Bonchev–Trinajstić information content (AvgIpc) is 2.76. The first-order chi connectivity index (χ1) is 37.3. The van der Waals surface area contributed by atoms with E-state index in [2.05, 4.69) is 0 Å². The molecule has 0 bridgehead atoms. The summed E-state index contributed by atoms with van der Waals surface area (Å²) in [6, 6.07) is 0. The average molecular weight is 925 g/mol. The van der Waals surface area contributed by atoms with Gasteiger partial charge in [0.05, 0.1) is 0 Å². The lowest BCUT2D eigenvalue weighted by Gasteiger charge is -2.33. The molecule has 30 heteroatoms. The van der Waals surface area contributed by atoms with Crippen molar-refractivity contribution in [1.29, 1.82) is 0 Å². The van der Waals surface area contributed by atoms with Crippen molar-refractivity contribution in [1.82, 2.24) is 0 Å². The van der Waals surface area contributed by atoms with Gasteiger partial charge in [-0.1, -0.05) is 147 Å². The van der Waals surface area contributed by atoms with Crippen LogP contribution >= 0.6 is 0 Å². The molecule has 11 rings (SSSR count). The van der Waals surface area contributed by atoms with Crippen LogP contribution in [0, 0.1) is 0 Å². The molecule has 0 saturated carbocycles. The zero-order valence-corrected chi connectivity index (χ0v) is 42.3. The fraction of sp³-hybridized carbons (Fsp3) is 0. The maximum absolute atomic E-state index is 7.15. The van der Waals surface area contributed by atoms with E-state index in [4.69, 9.17) is 235 Å². The number of hydrogen-bond donors (Lipinski definition) is 0. The summed E-state index contributed by atoms with van der Waals surface area (Å²) in [6.45, 7) is 0. The second-order valence-electron chi connectivity index (χ2n) is 19.9. The van der Waals surface area contributed by atoms with Crippen LogP contribution in [0.25, 0.3) is 109 Å². The Morgan fingerprint density at radius 3 is 0.412 bits per heavy atom. The third kappa shape index (κ3) is 6.95. The summed E-state index contributed by atoms with van der Waals surface area (Å²) >= 11 is 0. The second-order valence-corrected chi connectivity index (χ2v) is 19.9. The van der Waals surface area contributed by atoms with Crippen molar-refractivity contribution in [3.63, 3.8) is 0 Å². The van der Waals surface area contributed by atoms with Gasteiger partial charge in [0.15, 0.2) is 0 Å². The molecular formula is C50B30. The van der Waals surface area contributed by atoms with E-state index in [1.807, 2.05) is 0 Å². The third-order valence-electron chi connectivity index (χ3n) is 16.2. The van der Waals surface area contributed by atoms with E-state index in [1.54, 1.807) is 0 Å². The molecule has 0 saturated heterocycles. The molecular weight excluding hydrogens is 925 g/mol. The molecule has 0 heterocycles. The maximum Gasteiger partial charge on any atom is 0.115 e. The monoisotopic (exact) mass is 930 g/mol. The summed E-state index contributed by atoms with van der Waals surface area (Å²) < 4.78 is 0. The van der Waals surface area contributed by atoms with E-state index in [9.17, 15) is 0 Å². The molecule has 0 aliphatic carbocycles. The van der Waals surface area contributed by atoms with E-state index in [0.717, 1.165) is 0 Å². The zero-order chi connectivity index (χ0) is 58.9. The summed E-state index contributed by atoms with van der Waals surface area (Å²) in [7, 11) is 205. The fourth-order valence-corrected chi connectivity index (χ4v) is 12.1. The third-order valence-corrected chi connectivity index (χ3v) is 16.2. The van der Waals surface area contributed by atoms with Crippen LogP contribution < -0.4 is 164 Å². The SMILES string of the molecule is [B]c1c([B])c(-c2c([B])c([B])c(-c3c([B])c([B])c4c([B])c([B])c5c([B])c([B])c([B])c6c([B])c([B])c3c4c56)c([B])c2[B])c([B])c(-c2c([B])c([B])c(-c3c([B])c([B])c4c([B])c([B])c5c([B])c([B])c([B])c6c([B])c([B])c3c4c56)c([B])c2[B])c1[B]. The Labute approximate surface area is 504 Å². The molecule has 0 aliphatic heterocycles. The molecule has 0 aliphatic rings. The lowest BCUT2D eigenvalue weighted by Crippen LogP contribution is -2.53. The van der Waals surface area contributed by atoms with Gasteiger partial charge in [0.25, 0.3) is 0 Å². The Hall–Kier alpha value is -4.55. The van der Waals surface area contributed by atoms with E-state index in [-0.39, 0.29) is 262 Å². The second kappa shape index (κ2) is 19.0. The van der Waals surface area contributed by atoms with Crippen molar-refractivity contribution >= 4 is 464 Å². The molecule has 0 aromatic heterocycles. The summed E-state index contributed by atoms with van der Waals surface area (Å²) in [5.41, 5.74) is -4.09. The molecule has 0 amide bonds. The van der Waals surface area contributed by atoms with Crippen LogP contribution in [-0.2, 0) is 0 Å². The smallest absolute Gasteiger partial charge is 0.109 e. The van der Waals surface area contributed by atoms with E-state index < -0.39 is 0 Å². The largest absolute Gasteiger partial charge is 0.115 e. The predicted octanol–water partition coefficient (Wildman–Crippen LogP) is -22.0. The Morgan fingerprint density at radius 2 is 0.188 bits per heavy atom. The zero-order valence-electron chi connectivity index (χ0n) is 42.3. The topological polar surface area (TPSA) is 0 Å². The van der Waals surface area contributed by atoms with Gasteiger partial charge in [0.2, 0.25) is 0 Å². The lowest BCUT2D eigenvalue weighted by atomic mass is 9.54. The predicted molar refractivity (Wildman–Crippen MR) is 377 cm³/mol. The molecule has 0 atom stereocenters. The molecule has 290 valence electrons. The normalized spacial score (nSPS) is 12.0. The highest BCUT2D eigenvalue weighted by Crippen LogP contribution is 2.35. The lowest BCUT2D eigenvalue weighted by molar-refractivity contribution is 1.80. The fourth-order valence-electron chi connectivity index (χ4n) is 12.1. The van der Waals surface area contributed by atoms with Crippen molar-refractivity contribution in [2.45, 2.75) is 0 Å². The summed E-state index contributed by atoms with van der Waals surface area (Å²) in [5, 5.41) is 2.75. The molecule has 0 fully saturated rings. The molecule has 60 radical (unpaired) electrons. The van der Waals surface area contributed by atoms with E-state index in [1.165, 1.54) is 0 Å².